The monoisotopic (exact) mass is 371 g/mol. The largest absolute Gasteiger partial charge is 1.00 e. The number of ether oxygens (including phenoxy) is 1. The molecule has 0 aromatic heterocycles. The molecular weight excluding hydrogens is 345 g/mol. The van der Waals surface area contributed by atoms with Gasteiger partial charge in [-0.15, -0.1) is 0 Å². The van der Waals surface area contributed by atoms with Crippen molar-refractivity contribution in [1.29, 1.82) is 0 Å². The van der Waals surface area contributed by atoms with Crippen molar-refractivity contribution < 1.29 is 71.1 Å². The van der Waals surface area contributed by atoms with Crippen LogP contribution in [0, 0.1) is 0 Å². The van der Waals surface area contributed by atoms with E-state index in [1.807, 2.05) is 24.0 Å². The molecule has 1 aliphatic carbocycles. The van der Waals surface area contributed by atoms with Crippen molar-refractivity contribution in [2.24, 2.45) is 0 Å². The van der Waals surface area contributed by atoms with Gasteiger partial charge in [0.25, 0.3) is 0 Å². The fraction of sp³-hybridized carbons (Fsp3) is 0.632. The van der Waals surface area contributed by atoms with Crippen LogP contribution >= 0.6 is 0 Å². The molecule has 132 valence electrons. The predicted octanol–water partition coefficient (Wildman–Crippen LogP) is -2.30. The molecule has 1 heterocycles. The number of aliphatic carboxylic acids is 1. The topological polar surface area (TPSA) is 72.8 Å². The zero-order chi connectivity index (χ0) is 17.1. The van der Waals surface area contributed by atoms with Crippen molar-refractivity contribution in [1.82, 2.24) is 4.90 Å². The summed E-state index contributed by atoms with van der Waals surface area (Å²) < 4.78 is 5.58. The first-order valence-electron chi connectivity index (χ1n) is 8.92. The molecule has 5 nitrogen and oxygen atoms in total. The molecule has 4 atom stereocenters. The molecule has 2 aliphatic rings. The van der Waals surface area contributed by atoms with Gasteiger partial charge in [-0.2, -0.15) is 0 Å². The van der Waals surface area contributed by atoms with E-state index in [0.717, 1.165) is 19.3 Å². The molecule has 1 aromatic rings. The molecule has 0 radical (unpaired) electrons. The second kappa shape index (κ2) is 9.94. The van der Waals surface area contributed by atoms with Crippen LogP contribution in [0.15, 0.2) is 24.3 Å². The van der Waals surface area contributed by atoms with Gasteiger partial charge < -0.3 is 19.7 Å². The van der Waals surface area contributed by atoms with Gasteiger partial charge in [0.15, 0.2) is 0 Å². The van der Waals surface area contributed by atoms with Gasteiger partial charge in [-0.05, 0) is 43.7 Å². The summed E-state index contributed by atoms with van der Waals surface area (Å²) in [4.78, 5) is 13.2. The summed E-state index contributed by atoms with van der Waals surface area (Å²) in [7, 11) is 0. The maximum Gasteiger partial charge on any atom is 1.00 e. The number of rotatable bonds is 6. The molecule has 1 N–H and O–H groups in total. The standard InChI is InChI=1S/C19H27NO4.K/c1-2-24-14-10-17(19(22)23)20(11-14)12-18(21)16-9-5-7-13-6-3-4-8-15(13)16;/h3-4,6,8,14,16-18,21H,2,5,7,9-12H2,1H3,(H,22,23);/q;+1/p-1/t14-,16?,17+,18?;/m1./s1. The van der Waals surface area contributed by atoms with Crippen LogP contribution < -0.4 is 56.5 Å². The van der Waals surface area contributed by atoms with Gasteiger partial charge in [0, 0.05) is 25.6 Å². The number of hydrogen-bond acceptors (Lipinski definition) is 5. The third-order valence-corrected chi connectivity index (χ3v) is 5.34. The van der Waals surface area contributed by atoms with E-state index in [-0.39, 0.29) is 63.4 Å². The van der Waals surface area contributed by atoms with E-state index >= 15 is 0 Å². The maximum absolute atomic E-state index is 11.4. The Morgan fingerprint density at radius 2 is 2.20 bits per heavy atom. The summed E-state index contributed by atoms with van der Waals surface area (Å²) in [6.07, 6.45) is 2.82. The zero-order valence-electron chi connectivity index (χ0n) is 15.2. The number of carbonyl (C=O) groups is 1. The molecule has 3 rings (SSSR count). The number of carboxylic acid groups (broad SMARTS) is 1. The van der Waals surface area contributed by atoms with Crippen LogP contribution in [0.25, 0.3) is 0 Å². The van der Waals surface area contributed by atoms with E-state index in [1.54, 1.807) is 0 Å². The molecular formula is C19H26KNO4. The van der Waals surface area contributed by atoms with E-state index in [9.17, 15) is 15.0 Å². The first-order valence-corrected chi connectivity index (χ1v) is 8.92. The Morgan fingerprint density at radius 1 is 1.44 bits per heavy atom. The van der Waals surface area contributed by atoms with E-state index in [0.29, 0.717) is 26.1 Å². The number of aliphatic hydroxyl groups excluding tert-OH is 1. The Balaban J connectivity index is 0.00000225. The maximum atomic E-state index is 11.4. The van der Waals surface area contributed by atoms with E-state index < -0.39 is 18.1 Å². The fourth-order valence-electron chi connectivity index (χ4n) is 4.22. The molecule has 6 heteroatoms. The first-order chi connectivity index (χ1) is 11.6. The van der Waals surface area contributed by atoms with Crippen LogP contribution in [0.2, 0.25) is 0 Å². The summed E-state index contributed by atoms with van der Waals surface area (Å²) in [5.41, 5.74) is 2.51. The van der Waals surface area contributed by atoms with E-state index in [2.05, 4.69) is 12.1 Å². The number of hydrogen-bond donors (Lipinski definition) is 1. The number of aliphatic hydroxyl groups is 1. The minimum atomic E-state index is -1.08. The molecule has 1 aliphatic heterocycles. The third-order valence-electron chi connectivity index (χ3n) is 5.34. The SMILES string of the molecule is CCO[C@@H]1C[C@@H](C(=O)[O-])N(CC(O)C2CCCc3ccccc32)C1.[K+]. The number of aryl methyl sites for hydroxylation is 1. The normalized spacial score (nSPS) is 27.4. The molecule has 0 bridgehead atoms. The summed E-state index contributed by atoms with van der Waals surface area (Å²) in [6.45, 7) is 3.36. The van der Waals surface area contributed by atoms with Crippen molar-refractivity contribution in [2.75, 3.05) is 19.7 Å². The molecule has 1 aromatic carbocycles. The molecule has 1 saturated heterocycles. The number of fused-ring (bicyclic) bond motifs is 1. The van der Waals surface area contributed by atoms with Crippen molar-refractivity contribution in [2.45, 2.75) is 56.8 Å². The zero-order valence-corrected chi connectivity index (χ0v) is 18.3. The quantitative estimate of drug-likeness (QED) is 0.570. The second-order valence-corrected chi connectivity index (χ2v) is 6.87. The number of carbonyl (C=O) groups excluding carboxylic acids is 1. The van der Waals surface area contributed by atoms with Crippen LogP contribution in [0.3, 0.4) is 0 Å². The number of nitrogens with zero attached hydrogens (tertiary/aromatic N) is 1. The van der Waals surface area contributed by atoms with Crippen molar-refractivity contribution >= 4 is 5.97 Å². The molecule has 2 unspecified atom stereocenters. The number of carboxylic acids is 1. The Hall–Kier alpha value is 0.206. The molecule has 1 fully saturated rings. The third kappa shape index (κ3) is 5.14. The molecule has 0 spiro atoms. The van der Waals surface area contributed by atoms with Crippen molar-refractivity contribution in [3.63, 3.8) is 0 Å². The van der Waals surface area contributed by atoms with Crippen LogP contribution in [-0.4, -0.2) is 53.9 Å². The van der Waals surface area contributed by atoms with Crippen LogP contribution in [0.1, 0.15) is 43.2 Å². The van der Waals surface area contributed by atoms with Crippen LogP contribution in [0.5, 0.6) is 0 Å². The minimum absolute atomic E-state index is 0. The Labute approximate surface area is 192 Å². The minimum Gasteiger partial charge on any atom is -0.548 e. The van der Waals surface area contributed by atoms with Gasteiger partial charge in [-0.25, -0.2) is 0 Å². The Morgan fingerprint density at radius 3 is 2.92 bits per heavy atom. The van der Waals surface area contributed by atoms with Gasteiger partial charge in [0.2, 0.25) is 0 Å². The molecule has 25 heavy (non-hydrogen) atoms. The summed E-state index contributed by atoms with van der Waals surface area (Å²) >= 11 is 0. The van der Waals surface area contributed by atoms with Gasteiger partial charge in [0.05, 0.1) is 24.2 Å². The smallest absolute Gasteiger partial charge is 0.548 e. The summed E-state index contributed by atoms with van der Waals surface area (Å²) in [6, 6.07) is 7.59. The summed E-state index contributed by atoms with van der Waals surface area (Å²) in [5.74, 6) is -1.00. The first kappa shape index (κ1) is 21.5. The second-order valence-electron chi connectivity index (χ2n) is 6.87. The fourth-order valence-corrected chi connectivity index (χ4v) is 4.22. The Kier molecular flexibility index (Phi) is 8.55. The van der Waals surface area contributed by atoms with Gasteiger partial charge in [0.1, 0.15) is 0 Å². The molecule has 0 saturated carbocycles. The number of likely N-dealkylation sites (tertiary alicyclic amines) is 1. The summed E-state index contributed by atoms with van der Waals surface area (Å²) in [5, 5.41) is 22.2. The Bertz CT molecular complexity index is 582. The average Bonchev–Trinajstić information content (AvgIpc) is 2.97. The predicted molar refractivity (Wildman–Crippen MR) is 88.5 cm³/mol. The molecule has 0 amide bonds. The van der Waals surface area contributed by atoms with E-state index in [4.69, 9.17) is 4.74 Å². The number of β-amino-alcohol motifs (C(OH)–C–C–N with tert-alkyl or cyclic N) is 1. The van der Waals surface area contributed by atoms with Gasteiger partial charge in [-0.3, -0.25) is 4.90 Å². The van der Waals surface area contributed by atoms with Crippen LogP contribution in [-0.2, 0) is 16.0 Å². The average molecular weight is 372 g/mol. The van der Waals surface area contributed by atoms with Crippen LogP contribution in [0.4, 0.5) is 0 Å². The number of benzene rings is 1. The van der Waals surface area contributed by atoms with Crippen molar-refractivity contribution in [3.8, 4) is 0 Å². The van der Waals surface area contributed by atoms with Gasteiger partial charge in [-0.1, -0.05) is 24.3 Å². The van der Waals surface area contributed by atoms with Gasteiger partial charge >= 0.3 is 51.4 Å². The van der Waals surface area contributed by atoms with Crippen molar-refractivity contribution in [3.05, 3.63) is 35.4 Å². The van der Waals surface area contributed by atoms with E-state index in [1.165, 1.54) is 11.1 Å².